The van der Waals surface area contributed by atoms with Crippen LogP contribution in [0.4, 0.5) is 4.39 Å². The Morgan fingerprint density at radius 3 is 2.82 bits per heavy atom. The van der Waals surface area contributed by atoms with E-state index in [9.17, 15) is 4.39 Å². The predicted molar refractivity (Wildman–Crippen MR) is 84.2 cm³/mol. The molecule has 0 radical (unpaired) electrons. The zero-order valence-electron chi connectivity index (χ0n) is 12.4. The molecule has 0 saturated carbocycles. The summed E-state index contributed by atoms with van der Waals surface area (Å²) < 4.78 is 13.2. The number of halogens is 1. The molecule has 2 rings (SSSR count). The number of guanidine groups is 1. The molecular formula is C16H19FN4O. The first kappa shape index (κ1) is 15.8. The second kappa shape index (κ2) is 7.97. The van der Waals surface area contributed by atoms with Gasteiger partial charge in [-0.25, -0.2) is 4.39 Å². The van der Waals surface area contributed by atoms with E-state index < -0.39 is 5.82 Å². The Labute approximate surface area is 128 Å². The first-order valence-corrected chi connectivity index (χ1v) is 7.01. The van der Waals surface area contributed by atoms with Crippen LogP contribution in [0.5, 0.6) is 5.75 Å². The summed E-state index contributed by atoms with van der Waals surface area (Å²) in [4.78, 5) is 8.35. The number of benzene rings is 1. The maximum atomic E-state index is 13.2. The number of nitrogens with one attached hydrogen (secondary N) is 2. The van der Waals surface area contributed by atoms with Crippen molar-refractivity contribution in [3.63, 3.8) is 0 Å². The minimum Gasteiger partial charge on any atom is -0.505 e. The SMILES string of the molecule is CN=C(NCCc1ccccn1)NCc1ccc(O)c(F)c1. The Morgan fingerprint density at radius 2 is 2.14 bits per heavy atom. The van der Waals surface area contributed by atoms with Gasteiger partial charge >= 0.3 is 0 Å². The Balaban J connectivity index is 1.78. The summed E-state index contributed by atoms with van der Waals surface area (Å²) in [5, 5.41) is 15.4. The third kappa shape index (κ3) is 4.73. The van der Waals surface area contributed by atoms with E-state index in [-0.39, 0.29) is 5.75 Å². The molecule has 3 N–H and O–H groups in total. The van der Waals surface area contributed by atoms with Crippen LogP contribution in [-0.2, 0) is 13.0 Å². The summed E-state index contributed by atoms with van der Waals surface area (Å²) in [6.45, 7) is 1.11. The maximum absolute atomic E-state index is 13.2. The monoisotopic (exact) mass is 302 g/mol. The molecule has 2 aromatic rings. The van der Waals surface area contributed by atoms with Crippen molar-refractivity contribution < 1.29 is 9.50 Å². The molecule has 0 fully saturated rings. The van der Waals surface area contributed by atoms with Gasteiger partial charge in [-0.2, -0.15) is 0 Å². The fourth-order valence-electron chi connectivity index (χ4n) is 1.92. The molecule has 0 aliphatic rings. The molecule has 116 valence electrons. The van der Waals surface area contributed by atoms with Gasteiger partial charge in [0.2, 0.25) is 0 Å². The minimum absolute atomic E-state index is 0.346. The number of aromatic hydroxyl groups is 1. The van der Waals surface area contributed by atoms with Gasteiger partial charge in [0.25, 0.3) is 0 Å². The van der Waals surface area contributed by atoms with Crippen LogP contribution in [0.3, 0.4) is 0 Å². The molecule has 0 atom stereocenters. The number of aliphatic imine (C=N–C) groups is 1. The third-order valence-corrected chi connectivity index (χ3v) is 3.10. The number of rotatable bonds is 5. The highest BCUT2D eigenvalue weighted by atomic mass is 19.1. The van der Waals surface area contributed by atoms with Crippen molar-refractivity contribution in [2.45, 2.75) is 13.0 Å². The van der Waals surface area contributed by atoms with Crippen LogP contribution in [0.25, 0.3) is 0 Å². The van der Waals surface area contributed by atoms with E-state index in [0.29, 0.717) is 19.0 Å². The van der Waals surface area contributed by atoms with Crippen LogP contribution in [0.1, 0.15) is 11.3 Å². The normalized spacial score (nSPS) is 11.3. The second-order valence-corrected chi connectivity index (χ2v) is 4.71. The first-order chi connectivity index (χ1) is 10.7. The number of phenolic OH excluding ortho intramolecular Hbond substituents is 1. The highest BCUT2D eigenvalue weighted by molar-refractivity contribution is 5.79. The van der Waals surface area contributed by atoms with Gasteiger partial charge in [0.15, 0.2) is 17.5 Å². The Kier molecular flexibility index (Phi) is 5.71. The minimum atomic E-state index is -0.627. The van der Waals surface area contributed by atoms with E-state index in [4.69, 9.17) is 5.11 Å². The summed E-state index contributed by atoms with van der Waals surface area (Å²) >= 11 is 0. The molecule has 0 amide bonds. The standard InChI is InChI=1S/C16H19FN4O/c1-18-16(20-9-7-13-4-2-3-8-19-13)21-11-12-5-6-15(22)14(17)10-12/h2-6,8,10,22H,7,9,11H2,1H3,(H2,18,20,21). The Hall–Kier alpha value is -2.63. The molecule has 1 aromatic carbocycles. The maximum Gasteiger partial charge on any atom is 0.191 e. The lowest BCUT2D eigenvalue weighted by atomic mass is 10.2. The number of aromatic nitrogens is 1. The van der Waals surface area contributed by atoms with E-state index in [1.54, 1.807) is 19.3 Å². The molecule has 0 aliphatic heterocycles. The van der Waals surface area contributed by atoms with Crippen molar-refractivity contribution in [2.24, 2.45) is 4.99 Å². The van der Waals surface area contributed by atoms with Crippen molar-refractivity contribution in [1.82, 2.24) is 15.6 Å². The van der Waals surface area contributed by atoms with Crippen LogP contribution < -0.4 is 10.6 Å². The molecule has 0 aliphatic carbocycles. The molecule has 1 aromatic heterocycles. The zero-order chi connectivity index (χ0) is 15.8. The van der Waals surface area contributed by atoms with Crippen LogP contribution in [-0.4, -0.2) is 29.6 Å². The highest BCUT2D eigenvalue weighted by Gasteiger charge is 2.03. The van der Waals surface area contributed by atoms with Gasteiger partial charge in [-0.05, 0) is 29.8 Å². The van der Waals surface area contributed by atoms with Crippen molar-refractivity contribution in [2.75, 3.05) is 13.6 Å². The lowest BCUT2D eigenvalue weighted by Gasteiger charge is -2.12. The average molecular weight is 302 g/mol. The number of pyridine rings is 1. The number of phenols is 1. The average Bonchev–Trinajstić information content (AvgIpc) is 2.55. The molecule has 1 heterocycles. The van der Waals surface area contributed by atoms with Crippen LogP contribution in [0, 0.1) is 5.82 Å². The van der Waals surface area contributed by atoms with Crippen molar-refractivity contribution in [3.05, 3.63) is 59.7 Å². The molecule has 0 spiro atoms. The fourth-order valence-corrected chi connectivity index (χ4v) is 1.92. The summed E-state index contributed by atoms with van der Waals surface area (Å²) in [6.07, 6.45) is 2.55. The number of hydrogen-bond donors (Lipinski definition) is 3. The summed E-state index contributed by atoms with van der Waals surface area (Å²) in [5.74, 6) is -0.344. The second-order valence-electron chi connectivity index (χ2n) is 4.71. The topological polar surface area (TPSA) is 69.5 Å². The van der Waals surface area contributed by atoms with Gasteiger partial charge in [-0.3, -0.25) is 9.98 Å². The van der Waals surface area contributed by atoms with Gasteiger partial charge in [0.05, 0.1) is 0 Å². The van der Waals surface area contributed by atoms with E-state index in [0.717, 1.165) is 17.7 Å². The quantitative estimate of drug-likeness (QED) is 0.582. The summed E-state index contributed by atoms with van der Waals surface area (Å²) in [5.41, 5.74) is 1.73. The van der Waals surface area contributed by atoms with Crippen LogP contribution in [0.2, 0.25) is 0 Å². The molecule has 0 saturated heterocycles. The molecule has 5 nitrogen and oxygen atoms in total. The van der Waals surface area contributed by atoms with Gasteiger partial charge in [-0.1, -0.05) is 12.1 Å². The molecule has 0 bridgehead atoms. The Morgan fingerprint density at radius 1 is 1.27 bits per heavy atom. The van der Waals surface area contributed by atoms with Gasteiger partial charge in [0, 0.05) is 38.4 Å². The summed E-state index contributed by atoms with van der Waals surface area (Å²) in [6, 6.07) is 10.1. The van der Waals surface area contributed by atoms with E-state index in [2.05, 4.69) is 20.6 Å². The van der Waals surface area contributed by atoms with E-state index in [1.165, 1.54) is 12.1 Å². The fraction of sp³-hybridized carbons (Fsp3) is 0.250. The highest BCUT2D eigenvalue weighted by Crippen LogP contribution is 2.15. The van der Waals surface area contributed by atoms with E-state index in [1.807, 2.05) is 18.2 Å². The smallest absolute Gasteiger partial charge is 0.191 e. The number of hydrogen-bond acceptors (Lipinski definition) is 3. The Bertz CT molecular complexity index is 631. The van der Waals surface area contributed by atoms with Crippen molar-refractivity contribution in [3.8, 4) is 5.75 Å². The predicted octanol–water partition coefficient (Wildman–Crippen LogP) is 1.83. The van der Waals surface area contributed by atoms with Crippen molar-refractivity contribution in [1.29, 1.82) is 0 Å². The third-order valence-electron chi connectivity index (χ3n) is 3.10. The first-order valence-electron chi connectivity index (χ1n) is 7.01. The molecular weight excluding hydrogens is 283 g/mol. The zero-order valence-corrected chi connectivity index (χ0v) is 12.4. The lowest BCUT2D eigenvalue weighted by molar-refractivity contribution is 0.431. The lowest BCUT2D eigenvalue weighted by Crippen LogP contribution is -2.37. The van der Waals surface area contributed by atoms with Gasteiger partial charge in [-0.15, -0.1) is 0 Å². The molecule has 22 heavy (non-hydrogen) atoms. The van der Waals surface area contributed by atoms with E-state index >= 15 is 0 Å². The number of nitrogens with zero attached hydrogens (tertiary/aromatic N) is 2. The molecule has 0 unspecified atom stereocenters. The van der Waals surface area contributed by atoms with Gasteiger partial charge in [0.1, 0.15) is 0 Å². The van der Waals surface area contributed by atoms with Crippen LogP contribution in [0.15, 0.2) is 47.6 Å². The van der Waals surface area contributed by atoms with Crippen molar-refractivity contribution >= 4 is 5.96 Å². The largest absolute Gasteiger partial charge is 0.505 e. The van der Waals surface area contributed by atoms with Gasteiger partial charge < -0.3 is 15.7 Å². The van der Waals surface area contributed by atoms with Crippen LogP contribution >= 0.6 is 0 Å². The molecule has 6 heteroatoms. The summed E-state index contributed by atoms with van der Waals surface area (Å²) in [7, 11) is 1.67.